The zero-order valence-electron chi connectivity index (χ0n) is 13.8. The number of hydrogen-bond donors (Lipinski definition) is 2. The van der Waals surface area contributed by atoms with Crippen LogP contribution in [0.2, 0.25) is 0 Å². The predicted molar refractivity (Wildman–Crippen MR) is 90.2 cm³/mol. The molecule has 0 bridgehead atoms. The number of carbonyl (C=O) groups is 1. The smallest absolute Gasteiger partial charge is 0.416 e. The lowest BCUT2D eigenvalue weighted by Gasteiger charge is -2.24. The van der Waals surface area contributed by atoms with E-state index >= 15 is 0 Å². The number of nitrogens with one attached hydrogen (secondary N) is 2. The summed E-state index contributed by atoms with van der Waals surface area (Å²) in [6.07, 6.45) is -0.411. The van der Waals surface area contributed by atoms with Crippen molar-refractivity contribution in [3.8, 4) is 5.75 Å². The number of nitrogens with zero attached hydrogens (tertiary/aromatic N) is 1. The van der Waals surface area contributed by atoms with E-state index in [-0.39, 0.29) is 23.1 Å². The predicted octanol–water partition coefficient (Wildman–Crippen LogP) is 3.48. The zero-order valence-corrected chi connectivity index (χ0v) is 13.8. The average Bonchev–Trinajstić information content (AvgIpc) is 2.62. The number of amides is 1. The van der Waals surface area contributed by atoms with Gasteiger partial charge in [-0.2, -0.15) is 13.2 Å². The third kappa shape index (κ3) is 4.72. The molecule has 0 radical (unpaired) electrons. The maximum Gasteiger partial charge on any atom is 0.416 e. The summed E-state index contributed by atoms with van der Waals surface area (Å²) in [5, 5.41) is 5.65. The number of anilines is 1. The minimum Gasteiger partial charge on any atom is -0.490 e. The molecule has 0 aliphatic carbocycles. The third-order valence-electron chi connectivity index (χ3n) is 4.00. The molecule has 2 aromatic rings. The molecule has 0 unspecified atom stereocenters. The van der Waals surface area contributed by atoms with E-state index in [0.29, 0.717) is 12.8 Å². The van der Waals surface area contributed by atoms with Gasteiger partial charge in [0.25, 0.3) is 5.91 Å². The van der Waals surface area contributed by atoms with Gasteiger partial charge in [-0.3, -0.25) is 9.78 Å². The van der Waals surface area contributed by atoms with E-state index < -0.39 is 17.6 Å². The molecule has 1 amide bonds. The minimum atomic E-state index is -4.54. The molecule has 0 spiro atoms. The molecule has 0 atom stereocenters. The first-order chi connectivity index (χ1) is 12.4. The lowest BCUT2D eigenvalue weighted by molar-refractivity contribution is -0.137. The molecule has 3 rings (SSSR count). The van der Waals surface area contributed by atoms with Gasteiger partial charge in [-0.25, -0.2) is 0 Å². The fourth-order valence-electron chi connectivity index (χ4n) is 2.71. The Morgan fingerprint density at radius 2 is 2.00 bits per heavy atom. The molecule has 1 aliphatic heterocycles. The molecule has 2 heterocycles. The molecular weight excluding hydrogens is 347 g/mol. The van der Waals surface area contributed by atoms with E-state index in [0.717, 1.165) is 25.2 Å². The highest BCUT2D eigenvalue weighted by atomic mass is 19.4. The fourth-order valence-corrected chi connectivity index (χ4v) is 2.71. The molecule has 5 nitrogen and oxygen atoms in total. The van der Waals surface area contributed by atoms with Crippen LogP contribution in [-0.4, -0.2) is 30.1 Å². The molecule has 1 aromatic heterocycles. The lowest BCUT2D eigenvalue weighted by atomic mass is 10.1. The van der Waals surface area contributed by atoms with E-state index in [1.807, 2.05) is 0 Å². The van der Waals surface area contributed by atoms with Crippen molar-refractivity contribution < 1.29 is 22.7 Å². The molecular formula is C18H18F3N3O2. The number of carbonyl (C=O) groups excluding carboxylic acids is 1. The molecule has 8 heteroatoms. The van der Waals surface area contributed by atoms with Gasteiger partial charge < -0.3 is 15.4 Å². The number of halogens is 3. The molecule has 1 aromatic carbocycles. The van der Waals surface area contributed by atoms with Crippen LogP contribution in [0, 0.1) is 0 Å². The molecule has 138 valence electrons. The van der Waals surface area contributed by atoms with Crippen LogP contribution in [0.15, 0.2) is 42.7 Å². The minimum absolute atomic E-state index is 0.0256. The average molecular weight is 365 g/mol. The van der Waals surface area contributed by atoms with Crippen molar-refractivity contribution in [1.82, 2.24) is 10.3 Å². The summed E-state index contributed by atoms with van der Waals surface area (Å²) in [6.45, 7) is 1.52. The fraction of sp³-hybridized carbons (Fsp3) is 0.333. The Hall–Kier alpha value is -2.61. The van der Waals surface area contributed by atoms with Gasteiger partial charge >= 0.3 is 6.18 Å². The molecule has 2 N–H and O–H groups in total. The summed E-state index contributed by atoms with van der Waals surface area (Å²) in [7, 11) is 0. The highest BCUT2D eigenvalue weighted by Crippen LogP contribution is 2.35. The van der Waals surface area contributed by atoms with Crippen molar-refractivity contribution in [1.29, 1.82) is 0 Å². The second-order valence-electron chi connectivity index (χ2n) is 6.01. The van der Waals surface area contributed by atoms with Gasteiger partial charge in [-0.15, -0.1) is 0 Å². The topological polar surface area (TPSA) is 63.2 Å². The molecule has 1 aliphatic rings. The lowest BCUT2D eigenvalue weighted by Crippen LogP contribution is -2.34. The Morgan fingerprint density at radius 1 is 1.23 bits per heavy atom. The second kappa shape index (κ2) is 7.74. The quantitative estimate of drug-likeness (QED) is 0.871. The van der Waals surface area contributed by atoms with Crippen LogP contribution >= 0.6 is 0 Å². The van der Waals surface area contributed by atoms with Gasteiger partial charge in [0.2, 0.25) is 0 Å². The van der Waals surface area contributed by atoms with Crippen molar-refractivity contribution in [3.63, 3.8) is 0 Å². The molecule has 26 heavy (non-hydrogen) atoms. The number of pyridine rings is 1. The standard InChI is InChI=1S/C18H18F3N3O2/c19-18(20,21)13-8-14(24-17(25)12-2-1-5-23-11-12)10-16(9-13)26-15-3-6-22-7-4-15/h1-2,5,8-11,15,22H,3-4,6-7H2,(H,24,25). The number of piperidine rings is 1. The first-order valence-corrected chi connectivity index (χ1v) is 8.23. The Bertz CT molecular complexity index is 760. The highest BCUT2D eigenvalue weighted by molar-refractivity contribution is 6.04. The molecule has 0 saturated carbocycles. The van der Waals surface area contributed by atoms with Crippen LogP contribution in [0.25, 0.3) is 0 Å². The van der Waals surface area contributed by atoms with E-state index in [9.17, 15) is 18.0 Å². The van der Waals surface area contributed by atoms with Gasteiger partial charge in [-0.05, 0) is 50.2 Å². The zero-order chi connectivity index (χ0) is 18.6. The maximum absolute atomic E-state index is 13.2. The van der Waals surface area contributed by atoms with E-state index in [4.69, 9.17) is 4.74 Å². The van der Waals surface area contributed by atoms with Crippen molar-refractivity contribution in [2.75, 3.05) is 18.4 Å². The van der Waals surface area contributed by atoms with Crippen LogP contribution in [0.4, 0.5) is 18.9 Å². The number of ether oxygens (including phenoxy) is 1. The van der Waals surface area contributed by atoms with Crippen molar-refractivity contribution in [3.05, 3.63) is 53.9 Å². The summed E-state index contributed by atoms with van der Waals surface area (Å²) in [5.74, 6) is -0.446. The molecule has 1 fully saturated rings. The number of hydrogen-bond acceptors (Lipinski definition) is 4. The second-order valence-corrected chi connectivity index (χ2v) is 6.01. The van der Waals surface area contributed by atoms with Crippen LogP contribution in [0.3, 0.4) is 0 Å². The summed E-state index contributed by atoms with van der Waals surface area (Å²) >= 11 is 0. The Balaban J connectivity index is 1.83. The van der Waals surface area contributed by atoms with Crippen molar-refractivity contribution in [2.24, 2.45) is 0 Å². The normalized spacial score (nSPS) is 15.5. The summed E-state index contributed by atoms with van der Waals surface area (Å²) < 4.78 is 45.3. The van der Waals surface area contributed by atoms with Crippen LogP contribution in [-0.2, 0) is 6.18 Å². The maximum atomic E-state index is 13.2. The molecule has 1 saturated heterocycles. The highest BCUT2D eigenvalue weighted by Gasteiger charge is 2.32. The van der Waals surface area contributed by atoms with Crippen LogP contribution in [0.5, 0.6) is 5.75 Å². The van der Waals surface area contributed by atoms with Gasteiger partial charge in [0.15, 0.2) is 0 Å². The van der Waals surface area contributed by atoms with Gasteiger partial charge in [0.1, 0.15) is 11.9 Å². The van der Waals surface area contributed by atoms with Gasteiger partial charge in [0.05, 0.1) is 11.1 Å². The van der Waals surface area contributed by atoms with Crippen LogP contribution in [0.1, 0.15) is 28.8 Å². The SMILES string of the molecule is O=C(Nc1cc(OC2CCNCC2)cc(C(F)(F)F)c1)c1cccnc1. The largest absolute Gasteiger partial charge is 0.490 e. The number of alkyl halides is 3. The summed E-state index contributed by atoms with van der Waals surface area (Å²) in [4.78, 5) is 16.0. The van der Waals surface area contributed by atoms with Gasteiger partial charge in [0, 0.05) is 24.1 Å². The number of benzene rings is 1. The van der Waals surface area contributed by atoms with E-state index in [1.54, 1.807) is 6.07 Å². The Kier molecular flexibility index (Phi) is 5.41. The first kappa shape index (κ1) is 18.2. The van der Waals surface area contributed by atoms with Gasteiger partial charge in [-0.1, -0.05) is 0 Å². The Labute approximate surface area is 148 Å². The Morgan fingerprint density at radius 3 is 2.65 bits per heavy atom. The monoisotopic (exact) mass is 365 g/mol. The number of rotatable bonds is 4. The van der Waals surface area contributed by atoms with E-state index in [2.05, 4.69) is 15.6 Å². The van der Waals surface area contributed by atoms with Crippen molar-refractivity contribution in [2.45, 2.75) is 25.1 Å². The van der Waals surface area contributed by atoms with Crippen LogP contribution < -0.4 is 15.4 Å². The first-order valence-electron chi connectivity index (χ1n) is 8.23. The van der Waals surface area contributed by atoms with Crippen molar-refractivity contribution >= 4 is 11.6 Å². The van der Waals surface area contributed by atoms with E-state index in [1.165, 1.54) is 24.5 Å². The third-order valence-corrected chi connectivity index (χ3v) is 4.00. The number of aromatic nitrogens is 1. The summed E-state index contributed by atoms with van der Waals surface area (Å²) in [6, 6.07) is 6.37. The summed E-state index contributed by atoms with van der Waals surface area (Å²) in [5.41, 5.74) is -0.589.